The fourth-order valence-electron chi connectivity index (χ4n) is 1.66. The van der Waals surface area contributed by atoms with Crippen molar-refractivity contribution in [3.8, 4) is 0 Å². The summed E-state index contributed by atoms with van der Waals surface area (Å²) in [4.78, 5) is 4.34. The maximum atomic E-state index is 9.57. The Kier molecular flexibility index (Phi) is 4.93. The van der Waals surface area contributed by atoms with E-state index < -0.39 is 6.10 Å². The van der Waals surface area contributed by atoms with E-state index in [9.17, 15) is 5.11 Å². The molecule has 1 aromatic rings. The zero-order valence-corrected chi connectivity index (χ0v) is 10.6. The minimum Gasteiger partial charge on any atom is -0.393 e. The molecule has 0 bridgehead atoms. The molecule has 1 heterocycles. The van der Waals surface area contributed by atoms with Crippen LogP contribution in [0.15, 0.2) is 4.52 Å². The van der Waals surface area contributed by atoms with Gasteiger partial charge in [0.15, 0.2) is 5.82 Å². The van der Waals surface area contributed by atoms with Crippen molar-refractivity contribution in [3.05, 3.63) is 11.7 Å². The van der Waals surface area contributed by atoms with Crippen LogP contribution in [0.3, 0.4) is 0 Å². The Morgan fingerprint density at radius 1 is 1.31 bits per heavy atom. The number of nitrogens with zero attached hydrogens (tertiary/aromatic N) is 2. The van der Waals surface area contributed by atoms with Gasteiger partial charge in [0.05, 0.1) is 12.0 Å². The number of hydrogen-bond donors (Lipinski definition) is 1. The quantitative estimate of drug-likeness (QED) is 0.809. The predicted molar refractivity (Wildman–Crippen MR) is 62.2 cm³/mol. The van der Waals surface area contributed by atoms with Crippen LogP contribution in [-0.4, -0.2) is 21.4 Å². The van der Waals surface area contributed by atoms with Crippen molar-refractivity contribution < 1.29 is 9.63 Å². The van der Waals surface area contributed by atoms with Gasteiger partial charge in [-0.05, 0) is 25.7 Å². The first-order valence-corrected chi connectivity index (χ1v) is 6.05. The minimum absolute atomic E-state index is 0.0414. The van der Waals surface area contributed by atoms with Crippen LogP contribution in [0.5, 0.6) is 0 Å². The topological polar surface area (TPSA) is 59.2 Å². The third-order valence-corrected chi connectivity index (χ3v) is 2.77. The predicted octanol–water partition coefficient (Wildman–Crippen LogP) is 2.53. The van der Waals surface area contributed by atoms with Gasteiger partial charge in [0, 0.05) is 6.42 Å². The first-order chi connectivity index (χ1) is 7.54. The summed E-state index contributed by atoms with van der Waals surface area (Å²) in [6.45, 7) is 8.11. The van der Waals surface area contributed by atoms with Crippen LogP contribution >= 0.6 is 0 Å². The molecule has 2 unspecified atom stereocenters. The van der Waals surface area contributed by atoms with Crippen molar-refractivity contribution in [2.24, 2.45) is 5.92 Å². The molecule has 0 spiro atoms. The number of aliphatic hydroxyl groups is 1. The van der Waals surface area contributed by atoms with E-state index in [0.29, 0.717) is 11.8 Å². The fraction of sp³-hybridized carbons (Fsp3) is 0.833. The van der Waals surface area contributed by atoms with Gasteiger partial charge >= 0.3 is 0 Å². The molecule has 0 aliphatic heterocycles. The molecule has 0 radical (unpaired) electrons. The average Bonchev–Trinajstić information content (AvgIpc) is 2.64. The smallest absolute Gasteiger partial charge is 0.232 e. The highest BCUT2D eigenvalue weighted by Gasteiger charge is 2.21. The van der Waals surface area contributed by atoms with Gasteiger partial charge in [-0.15, -0.1) is 0 Å². The van der Waals surface area contributed by atoms with Crippen molar-refractivity contribution >= 4 is 0 Å². The normalized spacial score (nSPS) is 15.4. The standard InChI is InChI=1S/C12H22N2O2/c1-5-10(9(4)15)12-13-11(14-16-12)7-6-8(2)3/h8-10,15H,5-7H2,1-4H3. The first kappa shape index (κ1) is 13.2. The van der Waals surface area contributed by atoms with Crippen molar-refractivity contribution in [1.82, 2.24) is 10.1 Å². The largest absolute Gasteiger partial charge is 0.393 e. The van der Waals surface area contributed by atoms with E-state index in [4.69, 9.17) is 4.52 Å². The van der Waals surface area contributed by atoms with E-state index >= 15 is 0 Å². The second-order valence-corrected chi connectivity index (χ2v) is 4.74. The van der Waals surface area contributed by atoms with Crippen LogP contribution in [0.2, 0.25) is 0 Å². The Bertz CT molecular complexity index is 308. The van der Waals surface area contributed by atoms with Gasteiger partial charge in [-0.2, -0.15) is 4.98 Å². The van der Waals surface area contributed by atoms with Crippen LogP contribution in [0.1, 0.15) is 58.2 Å². The summed E-state index contributed by atoms with van der Waals surface area (Å²) in [5.41, 5.74) is 0. The van der Waals surface area contributed by atoms with Crippen molar-refractivity contribution in [2.45, 2.75) is 59.0 Å². The zero-order chi connectivity index (χ0) is 12.1. The van der Waals surface area contributed by atoms with Crippen LogP contribution in [0.25, 0.3) is 0 Å². The monoisotopic (exact) mass is 226 g/mol. The van der Waals surface area contributed by atoms with Gasteiger partial charge in [0.2, 0.25) is 5.89 Å². The lowest BCUT2D eigenvalue weighted by atomic mass is 10.0. The molecule has 2 atom stereocenters. The molecule has 16 heavy (non-hydrogen) atoms. The molecule has 1 N–H and O–H groups in total. The van der Waals surface area contributed by atoms with E-state index in [1.807, 2.05) is 6.92 Å². The first-order valence-electron chi connectivity index (χ1n) is 6.05. The molecule has 4 heteroatoms. The lowest BCUT2D eigenvalue weighted by molar-refractivity contribution is 0.141. The number of aliphatic hydroxyl groups excluding tert-OH is 1. The third-order valence-electron chi connectivity index (χ3n) is 2.77. The van der Waals surface area contributed by atoms with Gasteiger partial charge in [0.25, 0.3) is 0 Å². The highest BCUT2D eigenvalue weighted by molar-refractivity contribution is 4.96. The molecule has 0 aliphatic rings. The Morgan fingerprint density at radius 2 is 2.00 bits per heavy atom. The van der Waals surface area contributed by atoms with E-state index in [-0.39, 0.29) is 5.92 Å². The highest BCUT2D eigenvalue weighted by Crippen LogP contribution is 2.21. The van der Waals surface area contributed by atoms with E-state index in [1.165, 1.54) is 0 Å². The van der Waals surface area contributed by atoms with E-state index in [1.54, 1.807) is 6.92 Å². The van der Waals surface area contributed by atoms with Crippen LogP contribution in [0.4, 0.5) is 0 Å². The molecule has 4 nitrogen and oxygen atoms in total. The van der Waals surface area contributed by atoms with Crippen molar-refractivity contribution in [1.29, 1.82) is 0 Å². The lowest BCUT2D eigenvalue weighted by Crippen LogP contribution is -2.14. The van der Waals surface area contributed by atoms with Gasteiger partial charge in [-0.3, -0.25) is 0 Å². The van der Waals surface area contributed by atoms with Crippen molar-refractivity contribution in [2.75, 3.05) is 0 Å². The van der Waals surface area contributed by atoms with Crippen molar-refractivity contribution in [3.63, 3.8) is 0 Å². The van der Waals surface area contributed by atoms with E-state index in [2.05, 4.69) is 24.0 Å². The molecule has 0 aromatic carbocycles. The summed E-state index contributed by atoms with van der Waals surface area (Å²) in [6, 6.07) is 0. The average molecular weight is 226 g/mol. The van der Waals surface area contributed by atoms with Gasteiger partial charge in [-0.25, -0.2) is 0 Å². The second-order valence-electron chi connectivity index (χ2n) is 4.74. The fourth-order valence-corrected chi connectivity index (χ4v) is 1.66. The summed E-state index contributed by atoms with van der Waals surface area (Å²) in [6.07, 6.45) is 2.27. The molecular weight excluding hydrogens is 204 g/mol. The molecule has 0 amide bonds. The van der Waals surface area contributed by atoms with Crippen LogP contribution in [0, 0.1) is 5.92 Å². The van der Waals surface area contributed by atoms with Gasteiger partial charge < -0.3 is 9.63 Å². The highest BCUT2D eigenvalue weighted by atomic mass is 16.5. The number of aryl methyl sites for hydroxylation is 1. The maximum absolute atomic E-state index is 9.57. The van der Waals surface area contributed by atoms with Gasteiger partial charge in [-0.1, -0.05) is 25.9 Å². The Balaban J connectivity index is 2.62. The van der Waals surface area contributed by atoms with Gasteiger partial charge in [0.1, 0.15) is 0 Å². The lowest BCUT2D eigenvalue weighted by Gasteiger charge is -2.12. The summed E-state index contributed by atoms with van der Waals surface area (Å²) >= 11 is 0. The number of hydrogen-bond acceptors (Lipinski definition) is 4. The molecule has 0 saturated carbocycles. The molecule has 0 saturated heterocycles. The Morgan fingerprint density at radius 3 is 2.50 bits per heavy atom. The van der Waals surface area contributed by atoms with Crippen LogP contribution in [-0.2, 0) is 6.42 Å². The summed E-state index contributed by atoms with van der Waals surface area (Å²) in [7, 11) is 0. The zero-order valence-electron chi connectivity index (χ0n) is 10.6. The molecule has 0 fully saturated rings. The summed E-state index contributed by atoms with van der Waals surface area (Å²) in [5, 5.41) is 13.5. The number of rotatable bonds is 6. The molecule has 1 aromatic heterocycles. The minimum atomic E-state index is -0.441. The summed E-state index contributed by atoms with van der Waals surface area (Å²) in [5.74, 6) is 1.92. The van der Waals surface area contributed by atoms with Crippen LogP contribution < -0.4 is 0 Å². The molecular formula is C12H22N2O2. The molecule has 92 valence electrons. The van der Waals surface area contributed by atoms with E-state index in [0.717, 1.165) is 25.1 Å². The number of aromatic nitrogens is 2. The molecule has 0 aliphatic carbocycles. The molecule has 1 rings (SSSR count). The summed E-state index contributed by atoms with van der Waals surface area (Å²) < 4.78 is 5.19. The SMILES string of the molecule is CCC(c1nc(CCC(C)C)no1)C(C)O. The third kappa shape index (κ3) is 3.59. The Hall–Kier alpha value is -0.900. The Labute approximate surface area is 97.1 Å². The second kappa shape index (κ2) is 5.99. The maximum Gasteiger partial charge on any atom is 0.232 e.